The SMILES string of the molecule is NCc1ncc(C(=O)N2CCCC(c3cc(O)cc(F)c3)C2)c(C(F)F)n1. The Kier molecular flexibility index (Phi) is 5.59. The standard InChI is InChI=1S/C18H19F3N4O2/c19-12-4-11(5-13(26)6-12)10-2-1-3-25(9-10)18(27)14-8-23-15(7-22)24-16(14)17(20)21/h4-6,8,10,17,26H,1-3,7,9,22H2. The van der Waals surface area contributed by atoms with E-state index in [1.807, 2.05) is 0 Å². The van der Waals surface area contributed by atoms with Crippen molar-refractivity contribution in [2.75, 3.05) is 13.1 Å². The minimum absolute atomic E-state index is 0.0357. The Morgan fingerprint density at radius 1 is 1.37 bits per heavy atom. The number of alkyl halides is 2. The van der Waals surface area contributed by atoms with Crippen LogP contribution < -0.4 is 5.73 Å². The largest absolute Gasteiger partial charge is 0.508 e. The van der Waals surface area contributed by atoms with E-state index < -0.39 is 23.8 Å². The molecule has 9 heteroatoms. The quantitative estimate of drug-likeness (QED) is 0.851. The fraction of sp³-hybridized carbons (Fsp3) is 0.389. The lowest BCUT2D eigenvalue weighted by Crippen LogP contribution is -2.39. The summed E-state index contributed by atoms with van der Waals surface area (Å²) in [6.45, 7) is 0.504. The van der Waals surface area contributed by atoms with E-state index >= 15 is 0 Å². The second kappa shape index (κ2) is 7.91. The number of piperidine rings is 1. The second-order valence-corrected chi connectivity index (χ2v) is 6.42. The summed E-state index contributed by atoms with van der Waals surface area (Å²) in [6.07, 6.45) is -0.537. The van der Waals surface area contributed by atoms with Gasteiger partial charge in [0.25, 0.3) is 12.3 Å². The molecule has 144 valence electrons. The number of benzene rings is 1. The topological polar surface area (TPSA) is 92.3 Å². The highest BCUT2D eigenvalue weighted by atomic mass is 19.3. The molecule has 1 amide bonds. The Morgan fingerprint density at radius 2 is 2.15 bits per heavy atom. The van der Waals surface area contributed by atoms with Crippen LogP contribution in [0.15, 0.2) is 24.4 Å². The number of aromatic nitrogens is 2. The van der Waals surface area contributed by atoms with Gasteiger partial charge in [-0.15, -0.1) is 0 Å². The number of phenolic OH excluding ortho intramolecular Hbond substituents is 1. The zero-order chi connectivity index (χ0) is 19.6. The lowest BCUT2D eigenvalue weighted by atomic mass is 9.90. The molecule has 1 aliphatic heterocycles. The second-order valence-electron chi connectivity index (χ2n) is 6.42. The summed E-state index contributed by atoms with van der Waals surface area (Å²) in [5, 5.41) is 9.59. The van der Waals surface area contributed by atoms with Crippen molar-refractivity contribution in [2.24, 2.45) is 5.73 Å². The summed E-state index contributed by atoms with van der Waals surface area (Å²) in [4.78, 5) is 21.8. The Balaban J connectivity index is 1.85. The number of likely N-dealkylation sites (tertiary alicyclic amines) is 1. The maximum atomic E-state index is 13.6. The molecule has 2 aromatic rings. The van der Waals surface area contributed by atoms with Crippen molar-refractivity contribution in [2.45, 2.75) is 31.7 Å². The first-order valence-electron chi connectivity index (χ1n) is 8.51. The molecular formula is C18H19F3N4O2. The minimum Gasteiger partial charge on any atom is -0.508 e. The number of nitrogens with zero attached hydrogens (tertiary/aromatic N) is 3. The first-order valence-corrected chi connectivity index (χ1v) is 8.51. The van der Waals surface area contributed by atoms with Crippen molar-refractivity contribution in [3.8, 4) is 5.75 Å². The van der Waals surface area contributed by atoms with Gasteiger partial charge in [0.15, 0.2) is 0 Å². The molecule has 0 aliphatic carbocycles. The molecule has 1 atom stereocenters. The van der Waals surface area contributed by atoms with Crippen molar-refractivity contribution >= 4 is 5.91 Å². The normalized spacial score (nSPS) is 17.4. The van der Waals surface area contributed by atoms with Gasteiger partial charge in [-0.3, -0.25) is 4.79 Å². The van der Waals surface area contributed by atoms with Crippen LogP contribution in [0.2, 0.25) is 0 Å². The number of carbonyl (C=O) groups excluding carboxylic acids is 1. The number of amides is 1. The zero-order valence-electron chi connectivity index (χ0n) is 14.4. The Bertz CT molecular complexity index is 827. The summed E-state index contributed by atoms with van der Waals surface area (Å²) in [6, 6.07) is 3.76. The molecule has 2 heterocycles. The summed E-state index contributed by atoms with van der Waals surface area (Å²) < 4.78 is 40.2. The van der Waals surface area contributed by atoms with Gasteiger partial charge in [-0.2, -0.15) is 0 Å². The van der Waals surface area contributed by atoms with Crippen LogP contribution in [0.3, 0.4) is 0 Å². The average molecular weight is 380 g/mol. The molecule has 1 aliphatic rings. The number of aromatic hydroxyl groups is 1. The summed E-state index contributed by atoms with van der Waals surface area (Å²) in [7, 11) is 0. The van der Waals surface area contributed by atoms with Crippen LogP contribution >= 0.6 is 0 Å². The Morgan fingerprint density at radius 3 is 2.81 bits per heavy atom. The molecular weight excluding hydrogens is 361 g/mol. The fourth-order valence-corrected chi connectivity index (χ4v) is 3.30. The van der Waals surface area contributed by atoms with E-state index in [2.05, 4.69) is 9.97 Å². The van der Waals surface area contributed by atoms with Gasteiger partial charge in [-0.1, -0.05) is 0 Å². The van der Waals surface area contributed by atoms with Crippen LogP contribution in [0.5, 0.6) is 5.75 Å². The molecule has 1 fully saturated rings. The van der Waals surface area contributed by atoms with E-state index in [1.54, 1.807) is 0 Å². The van der Waals surface area contributed by atoms with Crippen molar-refractivity contribution in [3.63, 3.8) is 0 Å². The third-order valence-corrected chi connectivity index (χ3v) is 4.57. The Labute approximate surface area is 153 Å². The summed E-state index contributed by atoms with van der Waals surface area (Å²) in [5.74, 6) is -1.53. The number of nitrogens with two attached hydrogens (primary N) is 1. The minimum atomic E-state index is -2.93. The molecule has 6 nitrogen and oxygen atoms in total. The monoisotopic (exact) mass is 380 g/mol. The first kappa shape index (κ1) is 19.1. The van der Waals surface area contributed by atoms with Gasteiger partial charge in [0, 0.05) is 31.3 Å². The first-order chi connectivity index (χ1) is 12.9. The fourth-order valence-electron chi connectivity index (χ4n) is 3.30. The van der Waals surface area contributed by atoms with E-state index in [0.29, 0.717) is 24.9 Å². The highest BCUT2D eigenvalue weighted by Gasteiger charge is 2.30. The molecule has 0 spiro atoms. The number of carbonyl (C=O) groups is 1. The number of rotatable bonds is 4. The van der Waals surface area contributed by atoms with E-state index in [1.165, 1.54) is 17.0 Å². The summed E-state index contributed by atoms with van der Waals surface area (Å²) >= 11 is 0. The molecule has 0 radical (unpaired) electrons. The van der Waals surface area contributed by atoms with Crippen molar-refractivity contribution in [1.29, 1.82) is 0 Å². The van der Waals surface area contributed by atoms with Gasteiger partial charge in [0.05, 0.1) is 12.1 Å². The van der Waals surface area contributed by atoms with Gasteiger partial charge in [0.1, 0.15) is 23.1 Å². The molecule has 0 bridgehead atoms. The third kappa shape index (κ3) is 4.19. The van der Waals surface area contributed by atoms with E-state index in [9.17, 15) is 23.1 Å². The van der Waals surface area contributed by atoms with Crippen molar-refractivity contribution in [1.82, 2.24) is 14.9 Å². The maximum absolute atomic E-state index is 13.6. The molecule has 3 rings (SSSR count). The molecule has 1 saturated heterocycles. The maximum Gasteiger partial charge on any atom is 0.281 e. The molecule has 27 heavy (non-hydrogen) atoms. The van der Waals surface area contributed by atoms with Gasteiger partial charge in [-0.25, -0.2) is 23.1 Å². The third-order valence-electron chi connectivity index (χ3n) is 4.57. The zero-order valence-corrected chi connectivity index (χ0v) is 14.4. The van der Waals surface area contributed by atoms with E-state index in [0.717, 1.165) is 12.3 Å². The highest BCUT2D eigenvalue weighted by Crippen LogP contribution is 2.31. The van der Waals surface area contributed by atoms with Crippen LogP contribution in [0.4, 0.5) is 13.2 Å². The number of hydrogen-bond acceptors (Lipinski definition) is 5. The number of halogens is 3. The van der Waals surface area contributed by atoms with Crippen LogP contribution in [0, 0.1) is 5.82 Å². The number of phenols is 1. The summed E-state index contributed by atoms with van der Waals surface area (Å²) in [5.41, 5.74) is 5.04. The Hall–Kier alpha value is -2.68. The van der Waals surface area contributed by atoms with Crippen LogP contribution in [-0.2, 0) is 6.54 Å². The van der Waals surface area contributed by atoms with Crippen molar-refractivity contribution in [3.05, 3.63) is 52.9 Å². The van der Waals surface area contributed by atoms with Gasteiger partial charge < -0.3 is 15.7 Å². The number of hydrogen-bond donors (Lipinski definition) is 2. The average Bonchev–Trinajstić information content (AvgIpc) is 2.66. The van der Waals surface area contributed by atoms with Gasteiger partial charge in [-0.05, 0) is 30.5 Å². The van der Waals surface area contributed by atoms with Gasteiger partial charge >= 0.3 is 0 Å². The molecule has 1 unspecified atom stereocenters. The molecule has 0 saturated carbocycles. The molecule has 3 N–H and O–H groups in total. The van der Waals surface area contributed by atoms with E-state index in [-0.39, 0.29) is 36.1 Å². The molecule has 1 aromatic carbocycles. The van der Waals surface area contributed by atoms with Crippen molar-refractivity contribution < 1.29 is 23.1 Å². The lowest BCUT2D eigenvalue weighted by Gasteiger charge is -2.33. The lowest BCUT2D eigenvalue weighted by molar-refractivity contribution is 0.0692. The smallest absolute Gasteiger partial charge is 0.281 e. The van der Waals surface area contributed by atoms with Crippen LogP contribution in [0.1, 0.15) is 52.6 Å². The van der Waals surface area contributed by atoms with Crippen LogP contribution in [0.25, 0.3) is 0 Å². The van der Waals surface area contributed by atoms with E-state index in [4.69, 9.17) is 5.73 Å². The van der Waals surface area contributed by atoms with Crippen LogP contribution in [-0.4, -0.2) is 39.0 Å². The predicted octanol–water partition coefficient (Wildman–Crippen LogP) is 2.74. The highest BCUT2D eigenvalue weighted by molar-refractivity contribution is 5.95. The molecule has 1 aromatic heterocycles. The van der Waals surface area contributed by atoms with Gasteiger partial charge in [0.2, 0.25) is 0 Å². The predicted molar refractivity (Wildman–Crippen MR) is 90.8 cm³/mol.